The minimum atomic E-state index is -0.0607. The highest BCUT2D eigenvalue weighted by Crippen LogP contribution is 2.16. The molecular weight excluding hydrogens is 314 g/mol. The highest BCUT2D eigenvalue weighted by atomic mass is 16.5. The molecule has 4 nitrogen and oxygen atoms in total. The first-order valence-electron chi connectivity index (χ1n) is 8.46. The summed E-state index contributed by atoms with van der Waals surface area (Å²) in [6.45, 7) is 4.98. The van der Waals surface area contributed by atoms with Gasteiger partial charge < -0.3 is 14.8 Å². The van der Waals surface area contributed by atoms with Crippen LogP contribution in [0, 0.1) is 5.92 Å². The number of benzene rings is 2. The van der Waals surface area contributed by atoms with Crippen molar-refractivity contribution in [3.63, 3.8) is 0 Å². The predicted molar refractivity (Wildman–Crippen MR) is 101 cm³/mol. The highest BCUT2D eigenvalue weighted by molar-refractivity contribution is 6.04. The van der Waals surface area contributed by atoms with E-state index >= 15 is 0 Å². The summed E-state index contributed by atoms with van der Waals surface area (Å²) in [7, 11) is 1.63. The largest absolute Gasteiger partial charge is 0.497 e. The first-order chi connectivity index (χ1) is 12.1. The van der Waals surface area contributed by atoms with Crippen LogP contribution in [0.5, 0.6) is 11.5 Å². The van der Waals surface area contributed by atoms with Gasteiger partial charge in [0.05, 0.1) is 13.7 Å². The van der Waals surface area contributed by atoms with Gasteiger partial charge in [-0.3, -0.25) is 4.79 Å². The first kappa shape index (κ1) is 18.6. The van der Waals surface area contributed by atoms with Crippen LogP contribution in [0.1, 0.15) is 30.6 Å². The number of hydrogen-bond acceptors (Lipinski definition) is 4. The molecule has 0 saturated heterocycles. The zero-order valence-corrected chi connectivity index (χ0v) is 15.0. The van der Waals surface area contributed by atoms with Crippen LogP contribution in [-0.4, -0.2) is 19.5 Å². The molecule has 0 unspecified atom stereocenters. The molecule has 0 fully saturated rings. The van der Waals surface area contributed by atoms with Gasteiger partial charge in [0.1, 0.15) is 11.5 Å². The van der Waals surface area contributed by atoms with Gasteiger partial charge >= 0.3 is 0 Å². The second-order valence-electron chi connectivity index (χ2n) is 5.92. The lowest BCUT2D eigenvalue weighted by Crippen LogP contribution is -2.07. The number of ketones is 1. The zero-order valence-electron chi connectivity index (χ0n) is 15.0. The number of rotatable bonds is 9. The Morgan fingerprint density at radius 2 is 1.72 bits per heavy atom. The number of carbonyl (C=O) groups is 1. The molecule has 1 atom stereocenters. The Bertz CT molecular complexity index is 690. The van der Waals surface area contributed by atoms with Crippen LogP contribution in [0.3, 0.4) is 0 Å². The lowest BCUT2D eigenvalue weighted by atomic mass is 10.1. The summed E-state index contributed by atoms with van der Waals surface area (Å²) in [4.78, 5) is 12.2. The van der Waals surface area contributed by atoms with Crippen LogP contribution in [-0.2, 0) is 0 Å². The summed E-state index contributed by atoms with van der Waals surface area (Å²) in [5, 5.41) is 3.07. The lowest BCUT2D eigenvalue weighted by Gasteiger charge is -2.10. The molecule has 1 N–H and O–H groups in total. The number of nitrogens with one attached hydrogen (secondary N) is 1. The van der Waals surface area contributed by atoms with Crippen molar-refractivity contribution in [2.24, 2.45) is 5.92 Å². The van der Waals surface area contributed by atoms with Crippen LogP contribution in [0.15, 0.2) is 60.8 Å². The third-order valence-corrected chi connectivity index (χ3v) is 3.95. The number of methoxy groups -OCH3 is 1. The second kappa shape index (κ2) is 9.52. The smallest absolute Gasteiger partial charge is 0.187 e. The van der Waals surface area contributed by atoms with E-state index in [0.717, 1.165) is 23.6 Å². The van der Waals surface area contributed by atoms with Crippen LogP contribution in [0.2, 0.25) is 0 Å². The fourth-order valence-electron chi connectivity index (χ4n) is 2.07. The molecule has 0 aliphatic carbocycles. The van der Waals surface area contributed by atoms with E-state index in [-0.39, 0.29) is 5.78 Å². The highest BCUT2D eigenvalue weighted by Gasteiger charge is 2.04. The molecule has 2 aromatic carbocycles. The molecule has 2 rings (SSSR count). The van der Waals surface area contributed by atoms with E-state index < -0.39 is 0 Å². The van der Waals surface area contributed by atoms with Crippen molar-refractivity contribution >= 4 is 11.5 Å². The van der Waals surface area contributed by atoms with Gasteiger partial charge in [0.25, 0.3) is 0 Å². The van der Waals surface area contributed by atoms with Crippen LogP contribution in [0.25, 0.3) is 0 Å². The third kappa shape index (κ3) is 5.99. The molecule has 25 heavy (non-hydrogen) atoms. The summed E-state index contributed by atoms with van der Waals surface area (Å²) in [5.41, 5.74) is 1.52. The van der Waals surface area contributed by atoms with E-state index in [0.29, 0.717) is 18.1 Å². The van der Waals surface area contributed by atoms with E-state index in [4.69, 9.17) is 9.47 Å². The summed E-state index contributed by atoms with van der Waals surface area (Å²) >= 11 is 0. The molecule has 0 aromatic heterocycles. The van der Waals surface area contributed by atoms with Gasteiger partial charge in [-0.25, -0.2) is 0 Å². The van der Waals surface area contributed by atoms with Crippen molar-refractivity contribution in [3.05, 3.63) is 66.4 Å². The van der Waals surface area contributed by atoms with E-state index in [1.165, 1.54) is 6.08 Å². The Hall–Kier alpha value is -2.75. The number of ether oxygens (including phenoxy) is 2. The number of hydrogen-bond donors (Lipinski definition) is 1. The molecule has 0 bridgehead atoms. The minimum absolute atomic E-state index is 0.0607. The van der Waals surface area contributed by atoms with Crippen LogP contribution in [0.4, 0.5) is 5.69 Å². The van der Waals surface area contributed by atoms with E-state index in [9.17, 15) is 4.79 Å². The average Bonchev–Trinajstić information content (AvgIpc) is 2.66. The van der Waals surface area contributed by atoms with Crippen LogP contribution < -0.4 is 14.8 Å². The fraction of sp³-hybridized carbons (Fsp3) is 0.286. The van der Waals surface area contributed by atoms with Crippen molar-refractivity contribution in [3.8, 4) is 11.5 Å². The molecular formula is C21H25NO3. The first-order valence-corrected chi connectivity index (χ1v) is 8.46. The maximum Gasteiger partial charge on any atom is 0.187 e. The van der Waals surface area contributed by atoms with Crippen molar-refractivity contribution in [2.45, 2.75) is 20.3 Å². The third-order valence-electron chi connectivity index (χ3n) is 3.95. The van der Waals surface area contributed by atoms with Gasteiger partial charge in [-0.2, -0.15) is 0 Å². The molecule has 4 heteroatoms. The maximum absolute atomic E-state index is 12.2. The van der Waals surface area contributed by atoms with Crippen molar-refractivity contribution in [1.29, 1.82) is 0 Å². The topological polar surface area (TPSA) is 47.6 Å². The van der Waals surface area contributed by atoms with Gasteiger partial charge in [0.2, 0.25) is 0 Å². The summed E-state index contributed by atoms with van der Waals surface area (Å²) in [6.07, 6.45) is 4.24. The average molecular weight is 339 g/mol. The summed E-state index contributed by atoms with van der Waals surface area (Å²) in [6, 6.07) is 14.7. The molecule has 0 spiro atoms. The van der Waals surface area contributed by atoms with Crippen molar-refractivity contribution in [1.82, 2.24) is 0 Å². The van der Waals surface area contributed by atoms with Gasteiger partial charge in [-0.15, -0.1) is 0 Å². The number of carbonyl (C=O) groups excluding carboxylic acids is 1. The van der Waals surface area contributed by atoms with Crippen LogP contribution >= 0.6 is 0 Å². The normalized spacial score (nSPS) is 12.0. The summed E-state index contributed by atoms with van der Waals surface area (Å²) < 4.78 is 10.8. The molecule has 0 heterocycles. The Morgan fingerprint density at radius 3 is 2.32 bits per heavy atom. The Morgan fingerprint density at radius 1 is 1.08 bits per heavy atom. The lowest BCUT2D eigenvalue weighted by molar-refractivity contribution is 0.104. The minimum Gasteiger partial charge on any atom is -0.497 e. The quantitative estimate of drug-likeness (QED) is 0.520. The Kier molecular flexibility index (Phi) is 7.08. The standard InChI is InChI=1S/C21H25NO3/c1-4-16(2)15-25-20-9-5-17(6-10-20)21(23)13-14-22-18-7-11-19(24-3)12-8-18/h5-14,16,22H,4,15H2,1-3H3/b14-13+/t16-/m1/s1. The monoisotopic (exact) mass is 339 g/mol. The van der Waals surface area contributed by atoms with E-state index in [1.54, 1.807) is 25.4 Å². The second-order valence-corrected chi connectivity index (χ2v) is 5.92. The fourth-order valence-corrected chi connectivity index (χ4v) is 2.07. The van der Waals surface area contributed by atoms with Crippen molar-refractivity contribution in [2.75, 3.05) is 19.0 Å². The predicted octanol–water partition coefficient (Wildman–Crippen LogP) is 4.93. The molecule has 2 aromatic rings. The molecule has 0 radical (unpaired) electrons. The van der Waals surface area contributed by atoms with Gasteiger partial charge in [-0.05, 0) is 54.4 Å². The molecule has 0 aliphatic rings. The molecule has 0 aliphatic heterocycles. The molecule has 0 amide bonds. The zero-order chi connectivity index (χ0) is 18.1. The van der Waals surface area contributed by atoms with Gasteiger partial charge in [0.15, 0.2) is 5.78 Å². The molecule has 132 valence electrons. The van der Waals surface area contributed by atoms with E-state index in [2.05, 4.69) is 19.2 Å². The maximum atomic E-state index is 12.2. The van der Waals surface area contributed by atoms with E-state index in [1.807, 2.05) is 36.4 Å². The van der Waals surface area contributed by atoms with Gasteiger partial charge in [0, 0.05) is 23.5 Å². The Labute approximate surface area is 149 Å². The molecule has 0 saturated carbocycles. The SMILES string of the molecule is CC[C@@H](C)COc1ccc(C(=O)/C=C/Nc2ccc(OC)cc2)cc1. The number of anilines is 1. The Balaban J connectivity index is 1.86. The summed E-state index contributed by atoms with van der Waals surface area (Å²) in [5.74, 6) is 2.04. The van der Waals surface area contributed by atoms with Gasteiger partial charge in [-0.1, -0.05) is 20.3 Å². The van der Waals surface area contributed by atoms with Crippen molar-refractivity contribution < 1.29 is 14.3 Å². The number of allylic oxidation sites excluding steroid dienone is 1.